The van der Waals surface area contributed by atoms with Gasteiger partial charge in [-0.3, -0.25) is 0 Å². The first-order valence-corrected chi connectivity index (χ1v) is 7.49. The van der Waals surface area contributed by atoms with E-state index in [1.165, 1.54) is 6.07 Å². The molecule has 1 aromatic carbocycles. The Bertz CT molecular complexity index is 509. The molecule has 0 aromatic heterocycles. The van der Waals surface area contributed by atoms with Crippen molar-refractivity contribution < 1.29 is 13.9 Å². The molecular weight excluding hydrogens is 325 g/mol. The van der Waals surface area contributed by atoms with Crippen molar-refractivity contribution in [2.75, 3.05) is 0 Å². The summed E-state index contributed by atoms with van der Waals surface area (Å²) in [5.74, 6) is -0.317. The van der Waals surface area contributed by atoms with E-state index in [0.717, 1.165) is 18.4 Å². The molecule has 1 fully saturated rings. The number of rotatable bonds is 3. The summed E-state index contributed by atoms with van der Waals surface area (Å²) >= 11 is 3.13. The second kappa shape index (κ2) is 5.72. The third-order valence-corrected chi connectivity index (χ3v) is 3.60. The summed E-state index contributed by atoms with van der Waals surface area (Å²) in [4.78, 5) is 13.9. The second-order valence-electron chi connectivity index (χ2n) is 6.09. The number of hydrogen-bond donors (Lipinski definition) is 0. The molecule has 2 rings (SSSR count). The standard InChI is InChI=1S/C15H19BrFNO2/c1-15(2,3)20-14(19)18(11-5-6-11)9-10-4-7-12(16)13(17)8-10/h4,7-8,11H,5-6,9H2,1-3H3. The minimum absolute atomic E-state index is 0.219. The highest BCUT2D eigenvalue weighted by Gasteiger charge is 2.35. The van der Waals surface area contributed by atoms with Gasteiger partial charge in [0.25, 0.3) is 0 Å². The van der Waals surface area contributed by atoms with E-state index in [0.29, 0.717) is 11.0 Å². The molecule has 1 saturated carbocycles. The Morgan fingerprint density at radius 3 is 2.60 bits per heavy atom. The molecule has 1 aliphatic carbocycles. The molecule has 0 unspecified atom stereocenters. The van der Waals surface area contributed by atoms with E-state index in [1.807, 2.05) is 26.8 Å². The van der Waals surface area contributed by atoms with Gasteiger partial charge in [-0.05, 0) is 67.2 Å². The van der Waals surface area contributed by atoms with Crippen LogP contribution in [-0.2, 0) is 11.3 Å². The monoisotopic (exact) mass is 343 g/mol. The van der Waals surface area contributed by atoms with Crippen LogP contribution in [0.2, 0.25) is 0 Å². The summed E-state index contributed by atoms with van der Waals surface area (Å²) in [6, 6.07) is 5.14. The zero-order valence-electron chi connectivity index (χ0n) is 12.0. The summed E-state index contributed by atoms with van der Waals surface area (Å²) in [5, 5.41) is 0. The molecule has 20 heavy (non-hydrogen) atoms. The quantitative estimate of drug-likeness (QED) is 0.809. The van der Waals surface area contributed by atoms with Gasteiger partial charge < -0.3 is 9.64 Å². The molecule has 0 spiro atoms. The largest absolute Gasteiger partial charge is 0.444 e. The lowest BCUT2D eigenvalue weighted by molar-refractivity contribution is 0.0216. The van der Waals surface area contributed by atoms with Crippen molar-refractivity contribution in [1.29, 1.82) is 0 Å². The van der Waals surface area contributed by atoms with E-state index in [-0.39, 0.29) is 18.0 Å². The van der Waals surface area contributed by atoms with Gasteiger partial charge in [-0.15, -0.1) is 0 Å². The van der Waals surface area contributed by atoms with Gasteiger partial charge in [-0.1, -0.05) is 6.07 Å². The normalized spacial score (nSPS) is 15.1. The van der Waals surface area contributed by atoms with Crippen molar-refractivity contribution in [3.8, 4) is 0 Å². The van der Waals surface area contributed by atoms with E-state index in [2.05, 4.69) is 15.9 Å². The maximum Gasteiger partial charge on any atom is 0.410 e. The van der Waals surface area contributed by atoms with Crippen molar-refractivity contribution in [3.63, 3.8) is 0 Å². The van der Waals surface area contributed by atoms with E-state index >= 15 is 0 Å². The van der Waals surface area contributed by atoms with Crippen LogP contribution in [-0.4, -0.2) is 22.6 Å². The maximum absolute atomic E-state index is 13.5. The molecule has 0 atom stereocenters. The maximum atomic E-state index is 13.5. The molecular formula is C15H19BrFNO2. The zero-order chi connectivity index (χ0) is 14.9. The fraction of sp³-hybridized carbons (Fsp3) is 0.533. The molecule has 5 heteroatoms. The smallest absolute Gasteiger partial charge is 0.410 e. The summed E-state index contributed by atoms with van der Waals surface area (Å²) in [5.41, 5.74) is 0.248. The minimum Gasteiger partial charge on any atom is -0.444 e. The third kappa shape index (κ3) is 4.20. The summed E-state index contributed by atoms with van der Waals surface area (Å²) in [7, 11) is 0. The lowest BCUT2D eigenvalue weighted by atomic mass is 10.2. The van der Waals surface area contributed by atoms with Gasteiger partial charge in [0, 0.05) is 12.6 Å². The highest BCUT2D eigenvalue weighted by atomic mass is 79.9. The van der Waals surface area contributed by atoms with Crippen molar-refractivity contribution in [2.45, 2.75) is 51.8 Å². The summed E-state index contributed by atoms with van der Waals surface area (Å²) < 4.78 is 19.4. The summed E-state index contributed by atoms with van der Waals surface area (Å²) in [6.07, 6.45) is 1.64. The zero-order valence-corrected chi connectivity index (χ0v) is 13.5. The SMILES string of the molecule is CC(C)(C)OC(=O)N(Cc1ccc(Br)c(F)c1)C1CC1. The topological polar surface area (TPSA) is 29.5 Å². The number of halogens is 2. The number of hydrogen-bond acceptors (Lipinski definition) is 2. The van der Waals surface area contributed by atoms with Gasteiger partial charge in [0.05, 0.1) is 4.47 Å². The molecule has 0 heterocycles. The first kappa shape index (κ1) is 15.3. The Morgan fingerprint density at radius 2 is 2.10 bits per heavy atom. The van der Waals surface area contributed by atoms with Crippen LogP contribution < -0.4 is 0 Å². The third-order valence-electron chi connectivity index (χ3n) is 2.95. The molecule has 0 saturated heterocycles. The van der Waals surface area contributed by atoms with Gasteiger partial charge in [0.2, 0.25) is 0 Å². The average molecular weight is 344 g/mol. The number of benzene rings is 1. The van der Waals surface area contributed by atoms with Gasteiger partial charge in [-0.2, -0.15) is 0 Å². The van der Waals surface area contributed by atoms with Crippen LogP contribution in [0, 0.1) is 5.82 Å². The fourth-order valence-electron chi connectivity index (χ4n) is 1.88. The Balaban J connectivity index is 2.09. The molecule has 0 radical (unpaired) electrons. The average Bonchev–Trinajstić information content (AvgIpc) is 3.12. The van der Waals surface area contributed by atoms with E-state index < -0.39 is 5.60 Å². The van der Waals surface area contributed by atoms with Crippen molar-refractivity contribution in [2.24, 2.45) is 0 Å². The van der Waals surface area contributed by atoms with Crippen LogP contribution in [0.5, 0.6) is 0 Å². The van der Waals surface area contributed by atoms with E-state index in [4.69, 9.17) is 4.74 Å². The second-order valence-corrected chi connectivity index (χ2v) is 6.94. The number of amides is 1. The van der Waals surface area contributed by atoms with Crippen molar-refractivity contribution in [3.05, 3.63) is 34.1 Å². The van der Waals surface area contributed by atoms with Crippen molar-refractivity contribution >= 4 is 22.0 Å². The van der Waals surface area contributed by atoms with Crippen molar-refractivity contribution in [1.82, 2.24) is 4.90 Å². The molecule has 0 N–H and O–H groups in total. The Labute approximate surface area is 127 Å². The Morgan fingerprint density at radius 1 is 1.45 bits per heavy atom. The molecule has 110 valence electrons. The van der Waals surface area contributed by atoms with Crippen LogP contribution in [0.25, 0.3) is 0 Å². The van der Waals surface area contributed by atoms with Crippen LogP contribution in [0.3, 0.4) is 0 Å². The van der Waals surface area contributed by atoms with Gasteiger partial charge in [-0.25, -0.2) is 9.18 Å². The first-order valence-electron chi connectivity index (χ1n) is 6.70. The molecule has 1 amide bonds. The fourth-order valence-corrected chi connectivity index (χ4v) is 2.13. The van der Waals surface area contributed by atoms with Crippen LogP contribution in [0.4, 0.5) is 9.18 Å². The molecule has 1 aliphatic rings. The lowest BCUT2D eigenvalue weighted by Gasteiger charge is -2.27. The lowest BCUT2D eigenvalue weighted by Crippen LogP contribution is -2.37. The molecule has 1 aromatic rings. The predicted molar refractivity (Wildman–Crippen MR) is 78.9 cm³/mol. The highest BCUT2D eigenvalue weighted by molar-refractivity contribution is 9.10. The first-order chi connectivity index (χ1) is 9.26. The molecule has 0 aliphatic heterocycles. The van der Waals surface area contributed by atoms with Gasteiger partial charge in [0.1, 0.15) is 11.4 Å². The minimum atomic E-state index is -0.519. The number of nitrogens with zero attached hydrogens (tertiary/aromatic N) is 1. The Hall–Kier alpha value is -1.10. The number of carbonyl (C=O) groups excluding carboxylic acids is 1. The molecule has 3 nitrogen and oxygen atoms in total. The van der Waals surface area contributed by atoms with E-state index in [9.17, 15) is 9.18 Å². The van der Waals surface area contributed by atoms with Gasteiger partial charge >= 0.3 is 6.09 Å². The van der Waals surface area contributed by atoms with Crippen LogP contribution >= 0.6 is 15.9 Å². The number of ether oxygens (including phenoxy) is 1. The highest BCUT2D eigenvalue weighted by Crippen LogP contribution is 2.30. The van der Waals surface area contributed by atoms with Crippen LogP contribution in [0.1, 0.15) is 39.2 Å². The Kier molecular flexibility index (Phi) is 4.37. The van der Waals surface area contributed by atoms with E-state index in [1.54, 1.807) is 11.0 Å². The molecule has 0 bridgehead atoms. The van der Waals surface area contributed by atoms with Gasteiger partial charge in [0.15, 0.2) is 0 Å². The summed E-state index contributed by atoms with van der Waals surface area (Å²) in [6.45, 7) is 5.91. The predicted octanol–water partition coefficient (Wildman–Crippen LogP) is 4.49. The van der Waals surface area contributed by atoms with Crippen LogP contribution in [0.15, 0.2) is 22.7 Å². The number of carbonyl (C=O) groups is 1.